The third-order valence-corrected chi connectivity index (χ3v) is 2.01. The highest BCUT2D eigenvalue weighted by molar-refractivity contribution is 5.85. The fraction of sp³-hybridized carbons (Fsp3) is 0.727. The van der Waals surface area contributed by atoms with Crippen molar-refractivity contribution in [1.82, 2.24) is 10.2 Å². The molecule has 1 amide bonds. The Labute approximate surface area is 87.2 Å². The molecule has 0 aliphatic carbocycles. The first-order valence-corrected chi connectivity index (χ1v) is 4.96. The van der Waals surface area contributed by atoms with Crippen molar-refractivity contribution in [3.63, 3.8) is 0 Å². The minimum Gasteiger partial charge on any atom is -0.340 e. The van der Waals surface area contributed by atoms with Gasteiger partial charge in [-0.15, -0.1) is 0 Å². The molecule has 1 N–H and O–H groups in total. The van der Waals surface area contributed by atoms with E-state index in [2.05, 4.69) is 11.9 Å². The van der Waals surface area contributed by atoms with Gasteiger partial charge < -0.3 is 10.2 Å². The molecule has 3 heteroatoms. The van der Waals surface area contributed by atoms with Gasteiger partial charge in [0, 0.05) is 13.6 Å². The molecule has 0 unspecified atom stereocenters. The second-order valence-corrected chi connectivity index (χ2v) is 4.27. The normalized spacial score (nSPS) is 11.2. The van der Waals surface area contributed by atoms with E-state index < -0.39 is 5.54 Å². The fourth-order valence-electron chi connectivity index (χ4n) is 1.47. The molecule has 0 bridgehead atoms. The molecule has 0 aliphatic heterocycles. The minimum atomic E-state index is -0.487. The van der Waals surface area contributed by atoms with Crippen molar-refractivity contribution >= 4 is 5.91 Å². The summed E-state index contributed by atoms with van der Waals surface area (Å²) in [6.07, 6.45) is 0. The van der Waals surface area contributed by atoms with Gasteiger partial charge in [0.25, 0.3) is 0 Å². The van der Waals surface area contributed by atoms with Crippen LogP contribution in [0.25, 0.3) is 0 Å². The average Bonchev–Trinajstić information content (AvgIpc) is 2.01. The van der Waals surface area contributed by atoms with Crippen LogP contribution in [-0.2, 0) is 4.79 Å². The number of nitrogens with one attached hydrogen (secondary N) is 1. The summed E-state index contributed by atoms with van der Waals surface area (Å²) in [7, 11) is 1.80. The predicted molar refractivity (Wildman–Crippen MR) is 60.2 cm³/mol. The number of amides is 1. The quantitative estimate of drug-likeness (QED) is 0.677. The van der Waals surface area contributed by atoms with Crippen molar-refractivity contribution in [1.29, 1.82) is 0 Å². The number of carbonyl (C=O) groups excluding carboxylic acids is 1. The van der Waals surface area contributed by atoms with Gasteiger partial charge in [-0.3, -0.25) is 4.79 Å². The fourth-order valence-corrected chi connectivity index (χ4v) is 1.47. The van der Waals surface area contributed by atoms with Crippen LogP contribution in [0.3, 0.4) is 0 Å². The smallest absolute Gasteiger partial charge is 0.242 e. The van der Waals surface area contributed by atoms with E-state index >= 15 is 0 Å². The van der Waals surface area contributed by atoms with Crippen LogP contribution in [-0.4, -0.2) is 36.5 Å². The molecule has 0 rings (SSSR count). The molecule has 0 aliphatic rings. The van der Waals surface area contributed by atoms with Gasteiger partial charge in [-0.25, -0.2) is 0 Å². The number of rotatable bonds is 5. The lowest BCUT2D eigenvalue weighted by Crippen LogP contribution is -2.53. The maximum atomic E-state index is 11.9. The SMILES string of the molecule is C=C(C)CN(C)C(=O)C(C)(C)NCC. The first-order chi connectivity index (χ1) is 6.31. The number of hydrogen-bond acceptors (Lipinski definition) is 2. The van der Waals surface area contributed by atoms with Crippen molar-refractivity contribution in [3.05, 3.63) is 12.2 Å². The first kappa shape index (κ1) is 13.2. The largest absolute Gasteiger partial charge is 0.340 e. The first-order valence-electron chi connectivity index (χ1n) is 4.96. The highest BCUT2D eigenvalue weighted by Crippen LogP contribution is 2.07. The van der Waals surface area contributed by atoms with Crippen LogP contribution in [0.2, 0.25) is 0 Å². The highest BCUT2D eigenvalue weighted by atomic mass is 16.2. The summed E-state index contributed by atoms with van der Waals surface area (Å²) in [5.74, 6) is 0.0994. The van der Waals surface area contributed by atoms with E-state index in [9.17, 15) is 4.79 Å². The van der Waals surface area contributed by atoms with Crippen molar-refractivity contribution in [3.8, 4) is 0 Å². The molecular weight excluding hydrogens is 176 g/mol. The van der Waals surface area contributed by atoms with Crippen molar-refractivity contribution in [2.24, 2.45) is 0 Å². The summed E-state index contributed by atoms with van der Waals surface area (Å²) in [5.41, 5.74) is 0.507. The van der Waals surface area contributed by atoms with E-state index in [4.69, 9.17) is 0 Å². The molecule has 0 fully saturated rings. The van der Waals surface area contributed by atoms with Crippen LogP contribution < -0.4 is 5.32 Å². The summed E-state index contributed by atoms with van der Waals surface area (Å²) >= 11 is 0. The maximum absolute atomic E-state index is 11.9. The van der Waals surface area contributed by atoms with Gasteiger partial charge in [-0.05, 0) is 27.3 Å². The van der Waals surface area contributed by atoms with E-state index in [1.54, 1.807) is 11.9 Å². The van der Waals surface area contributed by atoms with E-state index in [0.29, 0.717) is 6.54 Å². The monoisotopic (exact) mass is 198 g/mol. The summed E-state index contributed by atoms with van der Waals surface area (Å²) in [6, 6.07) is 0. The van der Waals surface area contributed by atoms with E-state index in [-0.39, 0.29) is 5.91 Å². The molecule has 0 saturated heterocycles. The highest BCUT2D eigenvalue weighted by Gasteiger charge is 2.28. The summed E-state index contributed by atoms with van der Waals surface area (Å²) in [6.45, 7) is 12.9. The molecule has 0 aromatic heterocycles. The molecule has 82 valence electrons. The van der Waals surface area contributed by atoms with Crippen LogP contribution >= 0.6 is 0 Å². The van der Waals surface area contributed by atoms with E-state index in [0.717, 1.165) is 12.1 Å². The van der Waals surface area contributed by atoms with Crippen LogP contribution in [0.15, 0.2) is 12.2 Å². The Bertz CT molecular complexity index is 221. The standard InChI is InChI=1S/C11H22N2O/c1-7-12-11(4,5)10(14)13(6)8-9(2)3/h12H,2,7-8H2,1,3-6H3. The van der Waals surface area contributed by atoms with E-state index in [1.165, 1.54) is 0 Å². The van der Waals surface area contributed by atoms with Crippen molar-refractivity contribution in [2.75, 3.05) is 20.1 Å². The van der Waals surface area contributed by atoms with Crippen LogP contribution in [0.1, 0.15) is 27.7 Å². The minimum absolute atomic E-state index is 0.0994. The second kappa shape index (κ2) is 5.15. The van der Waals surface area contributed by atoms with Crippen LogP contribution in [0.5, 0.6) is 0 Å². The molecule has 0 saturated carbocycles. The van der Waals surface area contributed by atoms with Gasteiger partial charge in [0.1, 0.15) is 0 Å². The van der Waals surface area contributed by atoms with Gasteiger partial charge in [0.05, 0.1) is 5.54 Å². The van der Waals surface area contributed by atoms with Gasteiger partial charge >= 0.3 is 0 Å². The zero-order valence-electron chi connectivity index (χ0n) is 9.98. The molecule has 0 aromatic rings. The number of likely N-dealkylation sites (N-methyl/N-ethyl adjacent to an activating group) is 2. The summed E-state index contributed by atoms with van der Waals surface area (Å²) < 4.78 is 0. The Morgan fingerprint density at radius 3 is 2.36 bits per heavy atom. The Hall–Kier alpha value is -0.830. The Morgan fingerprint density at radius 1 is 1.50 bits per heavy atom. The molecule has 14 heavy (non-hydrogen) atoms. The molecule has 0 heterocycles. The molecule has 0 atom stereocenters. The molecule has 0 spiro atoms. The average molecular weight is 198 g/mol. The van der Waals surface area contributed by atoms with E-state index in [1.807, 2.05) is 27.7 Å². The van der Waals surface area contributed by atoms with Gasteiger partial charge in [-0.2, -0.15) is 0 Å². The lowest BCUT2D eigenvalue weighted by Gasteiger charge is -2.30. The zero-order valence-corrected chi connectivity index (χ0v) is 9.98. The third-order valence-electron chi connectivity index (χ3n) is 2.01. The number of hydrogen-bond donors (Lipinski definition) is 1. The topological polar surface area (TPSA) is 32.3 Å². The second-order valence-electron chi connectivity index (χ2n) is 4.27. The van der Waals surface area contributed by atoms with Gasteiger partial charge in [0.2, 0.25) is 5.91 Å². The third kappa shape index (κ3) is 3.92. The Kier molecular flexibility index (Phi) is 4.85. The zero-order chi connectivity index (χ0) is 11.4. The lowest BCUT2D eigenvalue weighted by atomic mass is 10.0. The Balaban J connectivity index is 4.36. The maximum Gasteiger partial charge on any atom is 0.242 e. The van der Waals surface area contributed by atoms with Gasteiger partial charge in [-0.1, -0.05) is 19.1 Å². The number of carbonyl (C=O) groups is 1. The molecular formula is C11H22N2O. The molecule has 0 aromatic carbocycles. The van der Waals surface area contributed by atoms with Crippen LogP contribution in [0, 0.1) is 0 Å². The van der Waals surface area contributed by atoms with Crippen molar-refractivity contribution < 1.29 is 4.79 Å². The summed E-state index contributed by atoms with van der Waals surface area (Å²) in [4.78, 5) is 13.6. The van der Waals surface area contributed by atoms with Crippen molar-refractivity contribution in [2.45, 2.75) is 33.2 Å². The predicted octanol–water partition coefficient (Wildman–Crippen LogP) is 1.41. The lowest BCUT2D eigenvalue weighted by molar-refractivity contribution is -0.135. The van der Waals surface area contributed by atoms with Crippen LogP contribution in [0.4, 0.5) is 0 Å². The number of nitrogens with zero attached hydrogens (tertiary/aromatic N) is 1. The molecule has 0 radical (unpaired) electrons. The summed E-state index contributed by atoms with van der Waals surface area (Å²) in [5, 5.41) is 3.15. The van der Waals surface area contributed by atoms with Gasteiger partial charge in [0.15, 0.2) is 0 Å². The Morgan fingerprint density at radius 2 is 2.00 bits per heavy atom. The molecule has 3 nitrogen and oxygen atoms in total.